The molecule has 0 spiro atoms. The zero-order valence-electron chi connectivity index (χ0n) is 11.0. The maximum Gasteiger partial charge on any atom is 0.340 e. The van der Waals surface area contributed by atoms with E-state index in [4.69, 9.17) is 9.47 Å². The monoisotopic (exact) mass is 283 g/mol. The number of esters is 2. The molecule has 5 nitrogen and oxygen atoms in total. The van der Waals surface area contributed by atoms with Crippen LogP contribution in [-0.4, -0.2) is 35.9 Å². The van der Waals surface area contributed by atoms with Crippen molar-refractivity contribution in [2.45, 2.75) is 19.6 Å². The summed E-state index contributed by atoms with van der Waals surface area (Å²) in [5.74, 6) is 0.0592. The molecule has 0 fully saturated rings. The van der Waals surface area contributed by atoms with Crippen LogP contribution in [0.25, 0.3) is 0 Å². The number of hydrogen-bond acceptors (Lipinski definition) is 6. The molecule has 0 unspecified atom stereocenters. The summed E-state index contributed by atoms with van der Waals surface area (Å²) in [7, 11) is 0. The van der Waals surface area contributed by atoms with E-state index < -0.39 is 0 Å². The van der Waals surface area contributed by atoms with Crippen molar-refractivity contribution < 1.29 is 19.1 Å². The Balaban J connectivity index is 2.58. The van der Waals surface area contributed by atoms with E-state index in [-0.39, 0.29) is 17.7 Å². The minimum absolute atomic E-state index is 0.243. The average Bonchev–Trinajstić information content (AvgIpc) is 2.40. The molecular weight excluding hydrogens is 266 g/mol. The van der Waals surface area contributed by atoms with E-state index in [2.05, 4.69) is 4.98 Å². The fraction of sp³-hybridized carbons (Fsp3) is 0.462. The molecule has 0 aliphatic carbocycles. The highest BCUT2D eigenvalue weighted by atomic mass is 32.2. The number of ether oxygens (including phenoxy) is 2. The Morgan fingerprint density at radius 3 is 2.68 bits per heavy atom. The Bertz CT molecular complexity index is 436. The second kappa shape index (κ2) is 8.53. The number of aromatic nitrogens is 1. The van der Waals surface area contributed by atoms with E-state index in [1.54, 1.807) is 32.2 Å². The first-order chi connectivity index (χ1) is 9.19. The lowest BCUT2D eigenvalue weighted by Crippen LogP contribution is -2.10. The highest BCUT2D eigenvalue weighted by Crippen LogP contribution is 2.15. The topological polar surface area (TPSA) is 65.5 Å². The Hall–Kier alpha value is -1.56. The molecule has 0 aliphatic heterocycles. The second-order valence-electron chi connectivity index (χ2n) is 3.52. The Morgan fingerprint density at radius 1 is 1.26 bits per heavy atom. The first-order valence-corrected chi connectivity index (χ1v) is 7.18. The normalized spacial score (nSPS) is 10.0. The van der Waals surface area contributed by atoms with Gasteiger partial charge in [-0.2, -0.15) is 0 Å². The van der Waals surface area contributed by atoms with Crippen LogP contribution < -0.4 is 0 Å². The summed E-state index contributed by atoms with van der Waals surface area (Å²) in [6.07, 6.45) is 1.61. The zero-order chi connectivity index (χ0) is 14.1. The molecule has 1 rings (SSSR count). The van der Waals surface area contributed by atoms with E-state index in [0.717, 1.165) is 0 Å². The Labute approximate surface area is 116 Å². The predicted molar refractivity (Wildman–Crippen MR) is 73.0 cm³/mol. The fourth-order valence-electron chi connectivity index (χ4n) is 1.38. The van der Waals surface area contributed by atoms with Gasteiger partial charge in [0.1, 0.15) is 0 Å². The summed E-state index contributed by atoms with van der Waals surface area (Å²) in [5.41, 5.74) is 1.07. The molecule has 0 amide bonds. The van der Waals surface area contributed by atoms with Gasteiger partial charge in [0.2, 0.25) is 0 Å². The van der Waals surface area contributed by atoms with E-state index in [1.165, 1.54) is 11.8 Å². The number of nitrogens with zero attached hydrogens (tertiary/aromatic N) is 1. The van der Waals surface area contributed by atoms with Gasteiger partial charge in [0.15, 0.2) is 0 Å². The largest absolute Gasteiger partial charge is 0.465 e. The van der Waals surface area contributed by atoms with Crippen LogP contribution in [0.2, 0.25) is 0 Å². The Kier molecular flexibility index (Phi) is 6.95. The van der Waals surface area contributed by atoms with Gasteiger partial charge in [-0.25, -0.2) is 4.79 Å². The number of carbonyl (C=O) groups excluding carboxylic acids is 2. The van der Waals surface area contributed by atoms with Gasteiger partial charge >= 0.3 is 11.9 Å². The van der Waals surface area contributed by atoms with Crippen LogP contribution >= 0.6 is 11.8 Å². The van der Waals surface area contributed by atoms with Gasteiger partial charge in [0.25, 0.3) is 0 Å². The van der Waals surface area contributed by atoms with Crippen LogP contribution in [0.5, 0.6) is 0 Å². The summed E-state index contributed by atoms with van der Waals surface area (Å²) >= 11 is 1.36. The van der Waals surface area contributed by atoms with Gasteiger partial charge in [-0.05, 0) is 26.0 Å². The van der Waals surface area contributed by atoms with Crippen LogP contribution in [0.15, 0.2) is 18.3 Å². The number of thioether (sulfide) groups is 1. The third-order valence-corrected chi connectivity index (χ3v) is 3.07. The van der Waals surface area contributed by atoms with Crippen molar-refractivity contribution in [2.24, 2.45) is 0 Å². The number of hydrogen-bond donors (Lipinski definition) is 0. The van der Waals surface area contributed by atoms with Crippen molar-refractivity contribution in [1.82, 2.24) is 4.98 Å². The highest BCUT2D eigenvalue weighted by Gasteiger charge is 2.13. The molecule has 0 N–H and O–H groups in total. The van der Waals surface area contributed by atoms with Crippen molar-refractivity contribution in [2.75, 3.05) is 19.0 Å². The Morgan fingerprint density at radius 2 is 2.00 bits per heavy atom. The van der Waals surface area contributed by atoms with E-state index >= 15 is 0 Å². The zero-order valence-corrected chi connectivity index (χ0v) is 11.9. The molecule has 0 saturated carbocycles. The van der Waals surface area contributed by atoms with E-state index in [9.17, 15) is 9.59 Å². The third kappa shape index (κ3) is 5.30. The standard InChI is InChI=1S/C13H17NO4S/c1-3-17-12(15)9-19-8-11-10(6-5-7-14-11)13(16)18-4-2/h5-7H,3-4,8-9H2,1-2H3. The smallest absolute Gasteiger partial charge is 0.340 e. The summed E-state index contributed by atoms with van der Waals surface area (Å²) < 4.78 is 9.78. The van der Waals surface area contributed by atoms with Crippen molar-refractivity contribution in [3.05, 3.63) is 29.6 Å². The number of carbonyl (C=O) groups is 2. The lowest BCUT2D eigenvalue weighted by molar-refractivity contribution is -0.139. The maximum absolute atomic E-state index is 11.7. The molecular formula is C13H17NO4S. The van der Waals surface area contributed by atoms with Gasteiger partial charge in [-0.1, -0.05) is 0 Å². The highest BCUT2D eigenvalue weighted by molar-refractivity contribution is 7.99. The van der Waals surface area contributed by atoms with Crippen LogP contribution in [0.3, 0.4) is 0 Å². The first kappa shape index (κ1) is 15.5. The molecule has 1 heterocycles. The van der Waals surface area contributed by atoms with Gasteiger partial charge in [-0.3, -0.25) is 9.78 Å². The quantitative estimate of drug-likeness (QED) is 0.714. The second-order valence-corrected chi connectivity index (χ2v) is 4.50. The lowest BCUT2D eigenvalue weighted by atomic mass is 10.2. The van der Waals surface area contributed by atoms with Crippen molar-refractivity contribution in [3.8, 4) is 0 Å². The van der Waals surface area contributed by atoms with Crippen LogP contribution in [0.4, 0.5) is 0 Å². The number of rotatable bonds is 7. The van der Waals surface area contributed by atoms with Crippen LogP contribution in [0, 0.1) is 0 Å². The molecule has 0 saturated heterocycles. The van der Waals surface area contributed by atoms with Gasteiger partial charge in [0, 0.05) is 11.9 Å². The molecule has 1 aromatic heterocycles. The van der Waals surface area contributed by atoms with Gasteiger partial charge in [0.05, 0.1) is 30.2 Å². The van der Waals surface area contributed by atoms with Gasteiger partial charge in [-0.15, -0.1) is 11.8 Å². The molecule has 0 aromatic carbocycles. The summed E-state index contributed by atoms with van der Waals surface area (Å²) in [4.78, 5) is 27.1. The minimum atomic E-state index is -0.387. The molecule has 0 bridgehead atoms. The van der Waals surface area contributed by atoms with Crippen LogP contribution in [-0.2, 0) is 20.0 Å². The molecule has 104 valence electrons. The summed E-state index contributed by atoms with van der Waals surface area (Å²) in [6.45, 7) is 4.21. The van der Waals surface area contributed by atoms with Crippen molar-refractivity contribution in [1.29, 1.82) is 0 Å². The molecule has 19 heavy (non-hydrogen) atoms. The summed E-state index contributed by atoms with van der Waals surface area (Å²) in [6, 6.07) is 3.36. The molecule has 0 aliphatic rings. The van der Waals surface area contributed by atoms with Gasteiger partial charge < -0.3 is 9.47 Å². The van der Waals surface area contributed by atoms with Crippen molar-refractivity contribution >= 4 is 23.7 Å². The SMILES string of the molecule is CCOC(=O)CSCc1ncccc1C(=O)OCC. The number of pyridine rings is 1. The third-order valence-electron chi connectivity index (χ3n) is 2.15. The minimum Gasteiger partial charge on any atom is -0.465 e. The first-order valence-electron chi connectivity index (χ1n) is 6.03. The molecule has 6 heteroatoms. The van der Waals surface area contributed by atoms with Crippen molar-refractivity contribution in [3.63, 3.8) is 0 Å². The predicted octanol–water partition coefficient (Wildman–Crippen LogP) is 2.05. The molecule has 0 radical (unpaired) electrons. The summed E-state index contributed by atoms with van der Waals surface area (Å²) in [5, 5.41) is 0. The maximum atomic E-state index is 11.7. The van der Waals surface area contributed by atoms with E-state index in [0.29, 0.717) is 30.2 Å². The lowest BCUT2D eigenvalue weighted by Gasteiger charge is -2.07. The molecule has 0 atom stereocenters. The molecule has 1 aromatic rings. The van der Waals surface area contributed by atoms with E-state index in [1.807, 2.05) is 0 Å². The average molecular weight is 283 g/mol. The fourth-order valence-corrected chi connectivity index (χ4v) is 2.16. The van der Waals surface area contributed by atoms with Crippen LogP contribution in [0.1, 0.15) is 29.9 Å².